The summed E-state index contributed by atoms with van der Waals surface area (Å²) in [5.74, 6) is -1.31. The van der Waals surface area contributed by atoms with Crippen molar-refractivity contribution in [2.45, 2.75) is 25.8 Å². The van der Waals surface area contributed by atoms with Gasteiger partial charge in [0.15, 0.2) is 0 Å². The molecular weight excluding hydrogens is 232 g/mol. The van der Waals surface area contributed by atoms with E-state index in [1.54, 1.807) is 0 Å². The molecule has 2 N–H and O–H groups in total. The SMILES string of the molecule is Cn1cccc1CNC(=O)C1CCC(C(=O)O)C1. The second-order valence-corrected chi connectivity index (χ2v) is 4.87. The van der Waals surface area contributed by atoms with Gasteiger partial charge in [0.25, 0.3) is 0 Å². The average molecular weight is 250 g/mol. The number of nitrogens with one attached hydrogen (secondary N) is 1. The number of nitrogens with zero attached hydrogens (tertiary/aromatic N) is 1. The van der Waals surface area contributed by atoms with E-state index in [0.717, 1.165) is 5.69 Å². The molecule has 0 spiro atoms. The Hall–Kier alpha value is -1.78. The largest absolute Gasteiger partial charge is 0.481 e. The third-order valence-electron chi connectivity index (χ3n) is 3.65. The molecule has 1 aliphatic rings. The maximum atomic E-state index is 11.9. The van der Waals surface area contributed by atoms with Crippen molar-refractivity contribution in [2.75, 3.05) is 0 Å². The molecule has 5 nitrogen and oxygen atoms in total. The maximum absolute atomic E-state index is 11.9. The Morgan fingerprint density at radius 1 is 1.44 bits per heavy atom. The van der Waals surface area contributed by atoms with E-state index in [1.165, 1.54) is 0 Å². The molecule has 18 heavy (non-hydrogen) atoms. The van der Waals surface area contributed by atoms with E-state index >= 15 is 0 Å². The summed E-state index contributed by atoms with van der Waals surface area (Å²) in [6, 6.07) is 3.88. The minimum absolute atomic E-state index is 0.0278. The summed E-state index contributed by atoms with van der Waals surface area (Å²) in [5, 5.41) is 11.8. The number of aromatic nitrogens is 1. The molecule has 1 aromatic heterocycles. The van der Waals surface area contributed by atoms with E-state index < -0.39 is 5.97 Å². The second kappa shape index (κ2) is 5.25. The van der Waals surface area contributed by atoms with Crippen LogP contribution in [0.2, 0.25) is 0 Å². The molecule has 0 saturated heterocycles. The fraction of sp³-hybridized carbons (Fsp3) is 0.538. The molecule has 1 fully saturated rings. The summed E-state index contributed by atoms with van der Waals surface area (Å²) in [4.78, 5) is 22.7. The van der Waals surface area contributed by atoms with Crippen LogP contribution in [-0.2, 0) is 23.2 Å². The van der Waals surface area contributed by atoms with Crippen molar-refractivity contribution in [3.8, 4) is 0 Å². The molecule has 2 unspecified atom stereocenters. The molecule has 1 aliphatic carbocycles. The van der Waals surface area contributed by atoms with Gasteiger partial charge >= 0.3 is 5.97 Å². The predicted octanol–water partition coefficient (Wildman–Crippen LogP) is 1.14. The second-order valence-electron chi connectivity index (χ2n) is 4.87. The van der Waals surface area contributed by atoms with E-state index in [2.05, 4.69) is 5.32 Å². The van der Waals surface area contributed by atoms with Crippen LogP contribution in [-0.4, -0.2) is 21.6 Å². The number of rotatable bonds is 4. The molecule has 0 aliphatic heterocycles. The zero-order valence-electron chi connectivity index (χ0n) is 10.4. The van der Waals surface area contributed by atoms with Crippen LogP contribution < -0.4 is 5.32 Å². The van der Waals surface area contributed by atoms with Crippen LogP contribution in [0.1, 0.15) is 25.0 Å². The van der Waals surface area contributed by atoms with E-state index in [4.69, 9.17) is 5.11 Å². The number of hydrogen-bond acceptors (Lipinski definition) is 2. The number of aryl methyl sites for hydroxylation is 1. The average Bonchev–Trinajstić information content (AvgIpc) is 2.94. The molecule has 2 atom stereocenters. The van der Waals surface area contributed by atoms with Crippen molar-refractivity contribution >= 4 is 11.9 Å². The zero-order valence-corrected chi connectivity index (χ0v) is 10.4. The van der Waals surface area contributed by atoms with Gasteiger partial charge in [-0.1, -0.05) is 0 Å². The highest BCUT2D eigenvalue weighted by molar-refractivity contribution is 5.80. The van der Waals surface area contributed by atoms with E-state index in [0.29, 0.717) is 25.8 Å². The van der Waals surface area contributed by atoms with Crippen LogP contribution in [0.5, 0.6) is 0 Å². The van der Waals surface area contributed by atoms with Crippen LogP contribution in [0, 0.1) is 11.8 Å². The standard InChI is InChI=1S/C13H18N2O3/c1-15-6-2-3-11(15)8-14-12(16)9-4-5-10(7-9)13(17)18/h2-3,6,9-10H,4-5,7-8H2,1H3,(H,14,16)(H,17,18). The van der Waals surface area contributed by atoms with Crippen LogP contribution in [0.15, 0.2) is 18.3 Å². The lowest BCUT2D eigenvalue weighted by Gasteiger charge is -2.11. The lowest BCUT2D eigenvalue weighted by atomic mass is 10.0. The van der Waals surface area contributed by atoms with E-state index in [9.17, 15) is 9.59 Å². The van der Waals surface area contributed by atoms with Crippen molar-refractivity contribution < 1.29 is 14.7 Å². The Kier molecular flexibility index (Phi) is 3.69. The maximum Gasteiger partial charge on any atom is 0.306 e. The molecule has 0 bridgehead atoms. The van der Waals surface area contributed by atoms with Crippen LogP contribution in [0.4, 0.5) is 0 Å². The molecule has 1 saturated carbocycles. The summed E-state index contributed by atoms with van der Waals surface area (Å²) < 4.78 is 1.95. The van der Waals surface area contributed by atoms with Gasteiger partial charge < -0.3 is 15.0 Å². The Morgan fingerprint density at radius 3 is 2.72 bits per heavy atom. The number of carboxylic acids is 1. The first-order chi connectivity index (χ1) is 8.58. The minimum atomic E-state index is -0.785. The number of carboxylic acid groups (broad SMARTS) is 1. The summed E-state index contributed by atoms with van der Waals surface area (Å²) in [7, 11) is 1.93. The highest BCUT2D eigenvalue weighted by Gasteiger charge is 2.33. The summed E-state index contributed by atoms with van der Waals surface area (Å²) in [6.07, 6.45) is 3.68. The van der Waals surface area contributed by atoms with Gasteiger partial charge in [0.1, 0.15) is 0 Å². The van der Waals surface area contributed by atoms with Gasteiger partial charge in [-0.15, -0.1) is 0 Å². The number of carbonyl (C=O) groups is 2. The van der Waals surface area contributed by atoms with Gasteiger partial charge in [0, 0.05) is 24.9 Å². The van der Waals surface area contributed by atoms with Crippen molar-refractivity contribution in [3.63, 3.8) is 0 Å². The summed E-state index contributed by atoms with van der Waals surface area (Å²) in [5.41, 5.74) is 1.04. The van der Waals surface area contributed by atoms with Gasteiger partial charge in [-0.3, -0.25) is 9.59 Å². The summed E-state index contributed by atoms with van der Waals surface area (Å²) >= 11 is 0. The zero-order chi connectivity index (χ0) is 13.1. The highest BCUT2D eigenvalue weighted by atomic mass is 16.4. The van der Waals surface area contributed by atoms with E-state index in [1.807, 2.05) is 29.9 Å². The molecule has 2 rings (SSSR count). The Labute approximate surface area is 106 Å². The molecule has 1 heterocycles. The van der Waals surface area contributed by atoms with E-state index in [-0.39, 0.29) is 17.7 Å². The number of aliphatic carboxylic acids is 1. The smallest absolute Gasteiger partial charge is 0.306 e. The lowest BCUT2D eigenvalue weighted by Crippen LogP contribution is -2.30. The van der Waals surface area contributed by atoms with Crippen molar-refractivity contribution in [3.05, 3.63) is 24.0 Å². The van der Waals surface area contributed by atoms with Gasteiger partial charge in [0.2, 0.25) is 5.91 Å². The molecule has 5 heteroatoms. The third-order valence-corrected chi connectivity index (χ3v) is 3.65. The lowest BCUT2D eigenvalue weighted by molar-refractivity contribution is -0.141. The Balaban J connectivity index is 1.83. The molecule has 1 amide bonds. The first-order valence-corrected chi connectivity index (χ1v) is 6.18. The third kappa shape index (κ3) is 2.72. The highest BCUT2D eigenvalue weighted by Crippen LogP contribution is 2.31. The Morgan fingerprint density at radius 2 is 2.17 bits per heavy atom. The van der Waals surface area contributed by atoms with Crippen LogP contribution >= 0.6 is 0 Å². The molecule has 0 radical (unpaired) electrons. The fourth-order valence-electron chi connectivity index (χ4n) is 2.45. The van der Waals surface area contributed by atoms with Crippen LogP contribution in [0.25, 0.3) is 0 Å². The topological polar surface area (TPSA) is 71.3 Å². The van der Waals surface area contributed by atoms with Crippen molar-refractivity contribution in [1.29, 1.82) is 0 Å². The first kappa shape index (κ1) is 12.7. The van der Waals surface area contributed by atoms with Crippen molar-refractivity contribution in [1.82, 2.24) is 9.88 Å². The number of hydrogen-bond donors (Lipinski definition) is 2. The first-order valence-electron chi connectivity index (χ1n) is 6.18. The number of carbonyl (C=O) groups excluding carboxylic acids is 1. The van der Waals surface area contributed by atoms with Gasteiger partial charge in [-0.2, -0.15) is 0 Å². The quantitative estimate of drug-likeness (QED) is 0.841. The molecule has 0 aromatic carbocycles. The van der Waals surface area contributed by atoms with Crippen molar-refractivity contribution in [2.24, 2.45) is 18.9 Å². The molecule has 1 aromatic rings. The minimum Gasteiger partial charge on any atom is -0.481 e. The fourth-order valence-corrected chi connectivity index (χ4v) is 2.45. The molecular formula is C13H18N2O3. The molecule has 98 valence electrons. The number of amides is 1. The van der Waals surface area contributed by atoms with Crippen LogP contribution in [0.3, 0.4) is 0 Å². The Bertz CT molecular complexity index is 453. The van der Waals surface area contributed by atoms with Gasteiger partial charge in [0.05, 0.1) is 12.5 Å². The summed E-state index contributed by atoms with van der Waals surface area (Å²) in [6.45, 7) is 0.497. The monoisotopic (exact) mass is 250 g/mol. The normalized spacial score (nSPS) is 22.9. The van der Waals surface area contributed by atoms with Gasteiger partial charge in [-0.25, -0.2) is 0 Å². The van der Waals surface area contributed by atoms with Gasteiger partial charge in [-0.05, 0) is 31.4 Å². The predicted molar refractivity (Wildman–Crippen MR) is 65.7 cm³/mol.